The maximum atomic E-state index is 9.76. The summed E-state index contributed by atoms with van der Waals surface area (Å²) in [6, 6.07) is 0.395. The van der Waals surface area contributed by atoms with E-state index in [0.717, 1.165) is 0 Å². The van der Waals surface area contributed by atoms with E-state index in [9.17, 15) is 10.2 Å². The molecule has 1 aliphatic rings. The minimum atomic E-state index is -0.720. The highest BCUT2D eigenvalue weighted by Gasteiger charge is 2.34. The summed E-state index contributed by atoms with van der Waals surface area (Å²) in [6.45, 7) is 7.29. The molecule has 0 saturated carbocycles. The Balaban J connectivity index is 2.58. The molecular weight excluding hydrogens is 154 g/mol. The van der Waals surface area contributed by atoms with E-state index in [-0.39, 0.29) is 6.10 Å². The normalized spacial score (nSPS) is 39.0. The van der Waals surface area contributed by atoms with E-state index < -0.39 is 5.60 Å². The van der Waals surface area contributed by atoms with Gasteiger partial charge in [-0.3, -0.25) is 4.90 Å². The van der Waals surface area contributed by atoms with Crippen molar-refractivity contribution in [1.82, 2.24) is 4.90 Å². The van der Waals surface area contributed by atoms with E-state index in [1.54, 1.807) is 6.92 Å². The molecule has 3 heteroatoms. The van der Waals surface area contributed by atoms with Gasteiger partial charge < -0.3 is 10.2 Å². The Morgan fingerprint density at radius 2 is 2.08 bits per heavy atom. The molecule has 1 aliphatic heterocycles. The molecule has 2 N–H and O–H groups in total. The van der Waals surface area contributed by atoms with E-state index >= 15 is 0 Å². The molecule has 1 fully saturated rings. The Morgan fingerprint density at radius 1 is 1.50 bits per heavy atom. The minimum absolute atomic E-state index is 0.379. The summed E-state index contributed by atoms with van der Waals surface area (Å²) in [5.41, 5.74) is -0.720. The van der Waals surface area contributed by atoms with E-state index in [1.807, 2.05) is 0 Å². The van der Waals surface area contributed by atoms with Crippen LogP contribution in [0.15, 0.2) is 0 Å². The topological polar surface area (TPSA) is 43.7 Å². The number of likely N-dealkylation sites (tertiary alicyclic amines) is 1. The highest BCUT2D eigenvalue weighted by Crippen LogP contribution is 2.21. The predicted octanol–water partition coefficient (Wildman–Crippen LogP) is 0.212. The SMILES string of the molecule is CC(C)N1CC(O)CC(C)(O)C1. The maximum absolute atomic E-state index is 9.76. The van der Waals surface area contributed by atoms with Gasteiger partial charge in [-0.15, -0.1) is 0 Å². The van der Waals surface area contributed by atoms with Crippen molar-refractivity contribution in [2.45, 2.75) is 44.9 Å². The van der Waals surface area contributed by atoms with Crippen molar-refractivity contribution in [2.75, 3.05) is 13.1 Å². The smallest absolute Gasteiger partial charge is 0.0771 e. The van der Waals surface area contributed by atoms with Gasteiger partial charge in [0.1, 0.15) is 0 Å². The van der Waals surface area contributed by atoms with E-state index in [4.69, 9.17) is 0 Å². The zero-order chi connectivity index (χ0) is 9.35. The van der Waals surface area contributed by atoms with Gasteiger partial charge in [0.15, 0.2) is 0 Å². The van der Waals surface area contributed by atoms with Crippen LogP contribution in [0.1, 0.15) is 27.2 Å². The molecule has 2 atom stereocenters. The third kappa shape index (κ3) is 2.44. The van der Waals surface area contributed by atoms with Gasteiger partial charge in [0.2, 0.25) is 0 Å². The summed E-state index contributed by atoms with van der Waals surface area (Å²) in [5, 5.41) is 19.2. The Bertz CT molecular complexity index is 157. The highest BCUT2D eigenvalue weighted by atomic mass is 16.3. The molecular formula is C9H19NO2. The zero-order valence-corrected chi connectivity index (χ0v) is 8.12. The third-order valence-corrected chi connectivity index (χ3v) is 2.39. The first kappa shape index (κ1) is 9.96. The lowest BCUT2D eigenvalue weighted by molar-refractivity contribution is -0.0768. The van der Waals surface area contributed by atoms with Crippen LogP contribution >= 0.6 is 0 Å². The summed E-state index contributed by atoms with van der Waals surface area (Å²) >= 11 is 0. The molecule has 72 valence electrons. The zero-order valence-electron chi connectivity index (χ0n) is 8.12. The first-order valence-corrected chi connectivity index (χ1v) is 4.55. The molecule has 0 aromatic carbocycles. The molecule has 0 aromatic heterocycles. The standard InChI is InChI=1S/C9H19NO2/c1-7(2)10-5-8(11)4-9(3,12)6-10/h7-8,11-12H,4-6H2,1-3H3. The second-order valence-corrected chi connectivity index (χ2v) is 4.38. The summed E-state index contributed by atoms with van der Waals surface area (Å²) in [6.07, 6.45) is 0.118. The van der Waals surface area contributed by atoms with Gasteiger partial charge in [-0.25, -0.2) is 0 Å². The molecule has 3 nitrogen and oxygen atoms in total. The van der Waals surface area contributed by atoms with Crippen LogP contribution in [0.25, 0.3) is 0 Å². The van der Waals surface area contributed by atoms with Crippen molar-refractivity contribution in [3.05, 3.63) is 0 Å². The highest BCUT2D eigenvalue weighted by molar-refractivity contribution is 4.88. The van der Waals surface area contributed by atoms with Crippen LogP contribution in [-0.4, -0.2) is 45.9 Å². The fourth-order valence-corrected chi connectivity index (χ4v) is 1.80. The van der Waals surface area contributed by atoms with Gasteiger partial charge in [0.05, 0.1) is 11.7 Å². The van der Waals surface area contributed by atoms with E-state index in [2.05, 4.69) is 18.7 Å². The van der Waals surface area contributed by atoms with Crippen LogP contribution in [0.5, 0.6) is 0 Å². The number of nitrogens with zero attached hydrogens (tertiary/aromatic N) is 1. The van der Waals surface area contributed by atoms with Gasteiger partial charge >= 0.3 is 0 Å². The average Bonchev–Trinajstić information content (AvgIpc) is 1.82. The lowest BCUT2D eigenvalue weighted by Gasteiger charge is -2.41. The predicted molar refractivity (Wildman–Crippen MR) is 48.0 cm³/mol. The molecule has 1 heterocycles. The van der Waals surface area contributed by atoms with E-state index in [1.165, 1.54) is 0 Å². The first-order chi connectivity index (χ1) is 5.41. The lowest BCUT2D eigenvalue weighted by Crippen LogP contribution is -2.54. The fourth-order valence-electron chi connectivity index (χ4n) is 1.80. The summed E-state index contributed by atoms with van der Waals surface area (Å²) in [4.78, 5) is 2.11. The summed E-state index contributed by atoms with van der Waals surface area (Å²) in [5.74, 6) is 0. The molecule has 0 aromatic rings. The fraction of sp³-hybridized carbons (Fsp3) is 1.00. The number of aliphatic hydroxyl groups excluding tert-OH is 1. The number of aliphatic hydroxyl groups is 2. The second-order valence-electron chi connectivity index (χ2n) is 4.38. The maximum Gasteiger partial charge on any atom is 0.0771 e. The molecule has 1 saturated heterocycles. The molecule has 0 spiro atoms. The number of rotatable bonds is 1. The van der Waals surface area contributed by atoms with Gasteiger partial charge in [-0.1, -0.05) is 0 Å². The van der Waals surface area contributed by atoms with Gasteiger partial charge in [0.25, 0.3) is 0 Å². The van der Waals surface area contributed by atoms with E-state index in [0.29, 0.717) is 25.6 Å². The molecule has 0 radical (unpaired) electrons. The molecule has 12 heavy (non-hydrogen) atoms. The number of hydrogen-bond acceptors (Lipinski definition) is 3. The second kappa shape index (κ2) is 3.32. The first-order valence-electron chi connectivity index (χ1n) is 4.55. The molecule has 0 bridgehead atoms. The van der Waals surface area contributed by atoms with Crippen molar-refractivity contribution >= 4 is 0 Å². The van der Waals surface area contributed by atoms with Crippen LogP contribution in [0.3, 0.4) is 0 Å². The van der Waals surface area contributed by atoms with Crippen molar-refractivity contribution in [2.24, 2.45) is 0 Å². The lowest BCUT2D eigenvalue weighted by atomic mass is 9.92. The van der Waals surface area contributed by atoms with Gasteiger partial charge in [0, 0.05) is 25.6 Å². The quantitative estimate of drug-likeness (QED) is 0.596. The Morgan fingerprint density at radius 3 is 2.50 bits per heavy atom. The van der Waals surface area contributed by atoms with Gasteiger partial charge in [-0.05, 0) is 20.8 Å². The van der Waals surface area contributed by atoms with Crippen molar-refractivity contribution in [1.29, 1.82) is 0 Å². The Kier molecular flexibility index (Phi) is 2.76. The van der Waals surface area contributed by atoms with Crippen molar-refractivity contribution in [3.8, 4) is 0 Å². The number of hydrogen-bond donors (Lipinski definition) is 2. The molecule has 0 aliphatic carbocycles. The number of piperidine rings is 1. The van der Waals surface area contributed by atoms with Crippen LogP contribution in [0.2, 0.25) is 0 Å². The van der Waals surface area contributed by atoms with Crippen LogP contribution in [0.4, 0.5) is 0 Å². The van der Waals surface area contributed by atoms with Crippen molar-refractivity contribution in [3.63, 3.8) is 0 Å². The van der Waals surface area contributed by atoms with Crippen LogP contribution in [-0.2, 0) is 0 Å². The molecule has 0 amide bonds. The van der Waals surface area contributed by atoms with Crippen molar-refractivity contribution < 1.29 is 10.2 Å². The largest absolute Gasteiger partial charge is 0.392 e. The Hall–Kier alpha value is -0.120. The van der Waals surface area contributed by atoms with Crippen LogP contribution < -0.4 is 0 Å². The van der Waals surface area contributed by atoms with Gasteiger partial charge in [-0.2, -0.15) is 0 Å². The monoisotopic (exact) mass is 173 g/mol. The molecule has 1 rings (SSSR count). The number of β-amino-alcohol motifs (C(OH)–C–C–N with tert-alkyl or cyclic N) is 2. The summed E-state index contributed by atoms with van der Waals surface area (Å²) < 4.78 is 0. The average molecular weight is 173 g/mol. The molecule has 2 unspecified atom stereocenters. The minimum Gasteiger partial charge on any atom is -0.392 e. The third-order valence-electron chi connectivity index (χ3n) is 2.39. The summed E-state index contributed by atoms with van der Waals surface area (Å²) in [7, 11) is 0. The Labute approximate surface area is 74.0 Å². The van der Waals surface area contributed by atoms with Crippen LogP contribution in [0, 0.1) is 0 Å².